The molecule has 0 saturated carbocycles. The Kier molecular flexibility index (Phi) is 3.66. The van der Waals surface area contributed by atoms with E-state index in [0.29, 0.717) is 5.17 Å². The van der Waals surface area contributed by atoms with Crippen molar-refractivity contribution in [2.45, 2.75) is 12.8 Å². The van der Waals surface area contributed by atoms with Gasteiger partial charge in [-0.2, -0.15) is 4.40 Å². The van der Waals surface area contributed by atoms with Crippen molar-refractivity contribution in [2.24, 2.45) is 9.39 Å². The lowest BCUT2D eigenvalue weighted by atomic mass is 10.1. The summed E-state index contributed by atoms with van der Waals surface area (Å²) in [5.74, 6) is 0.740. The number of halogens is 2. The van der Waals surface area contributed by atoms with Gasteiger partial charge < -0.3 is 4.18 Å². The van der Waals surface area contributed by atoms with Crippen molar-refractivity contribution in [1.29, 1.82) is 0 Å². The van der Waals surface area contributed by atoms with Crippen LogP contribution in [0, 0.1) is 0 Å². The molecule has 3 rings (SSSR count). The molecule has 1 aromatic carbocycles. The molecule has 0 aromatic heterocycles. The van der Waals surface area contributed by atoms with Gasteiger partial charge in [-0.25, -0.2) is 4.99 Å². The molecule has 0 bridgehead atoms. The standard InChI is InChI=1S/C11H8Cl2N2OS2/c12-8-4-1-7(2-5-8)3-6-9-14-11-10(13)15-17-18(11)16-9/h1-2,4-5H,3,6H2. The summed E-state index contributed by atoms with van der Waals surface area (Å²) in [5, 5.41) is 1.21. The van der Waals surface area contributed by atoms with Gasteiger partial charge in [0.15, 0.2) is 10.2 Å². The molecule has 0 amide bonds. The average molecular weight is 319 g/mol. The van der Waals surface area contributed by atoms with Gasteiger partial charge in [0.25, 0.3) is 0 Å². The molecule has 0 radical (unpaired) electrons. The predicted molar refractivity (Wildman–Crippen MR) is 81.8 cm³/mol. The van der Waals surface area contributed by atoms with Gasteiger partial charge in [-0.05, 0) is 24.1 Å². The number of hydrogen-bond acceptors (Lipinski definition) is 4. The lowest BCUT2D eigenvalue weighted by Gasteiger charge is -2.03. The van der Waals surface area contributed by atoms with Crippen LogP contribution in [0.5, 0.6) is 0 Å². The molecule has 7 heteroatoms. The van der Waals surface area contributed by atoms with Gasteiger partial charge in [0.05, 0.1) is 11.0 Å². The van der Waals surface area contributed by atoms with Crippen molar-refractivity contribution >= 4 is 60.0 Å². The second kappa shape index (κ2) is 5.25. The molecule has 2 heterocycles. The van der Waals surface area contributed by atoms with Crippen LogP contribution in [0.1, 0.15) is 12.0 Å². The van der Waals surface area contributed by atoms with Crippen molar-refractivity contribution in [2.75, 3.05) is 0 Å². The zero-order valence-corrected chi connectivity index (χ0v) is 12.2. The van der Waals surface area contributed by atoms with Crippen LogP contribution in [0.4, 0.5) is 0 Å². The summed E-state index contributed by atoms with van der Waals surface area (Å²) in [6.45, 7) is 0. The van der Waals surface area contributed by atoms with Crippen molar-refractivity contribution < 1.29 is 4.18 Å². The van der Waals surface area contributed by atoms with Crippen LogP contribution < -0.4 is 0 Å². The fourth-order valence-corrected chi connectivity index (χ4v) is 4.74. The van der Waals surface area contributed by atoms with Crippen molar-refractivity contribution in [1.82, 2.24) is 0 Å². The molecule has 0 saturated heterocycles. The van der Waals surface area contributed by atoms with E-state index in [1.54, 1.807) is 0 Å². The highest BCUT2D eigenvalue weighted by molar-refractivity contribution is 8.82. The topological polar surface area (TPSA) is 34.0 Å². The Morgan fingerprint density at radius 3 is 2.67 bits per heavy atom. The smallest absolute Gasteiger partial charge is 0.206 e. The van der Waals surface area contributed by atoms with E-state index in [-0.39, 0.29) is 0 Å². The minimum absolute atomic E-state index is 0.417. The van der Waals surface area contributed by atoms with E-state index in [1.165, 1.54) is 16.5 Å². The fraction of sp³-hybridized carbons (Fsp3) is 0.182. The van der Waals surface area contributed by atoms with E-state index in [2.05, 4.69) is 9.39 Å². The summed E-state index contributed by atoms with van der Waals surface area (Å²) in [4.78, 5) is 5.15. The molecule has 2 aliphatic rings. The van der Waals surface area contributed by atoms with Crippen molar-refractivity contribution in [3.63, 3.8) is 0 Å². The van der Waals surface area contributed by atoms with Gasteiger partial charge in [0, 0.05) is 11.4 Å². The number of rotatable bonds is 3. The third kappa shape index (κ3) is 2.59. The fourth-order valence-electron chi connectivity index (χ4n) is 1.57. The average Bonchev–Trinajstić information content (AvgIpc) is 2.91. The molecule has 2 aliphatic heterocycles. The van der Waals surface area contributed by atoms with Gasteiger partial charge in [0.2, 0.25) is 5.90 Å². The molecule has 1 unspecified atom stereocenters. The van der Waals surface area contributed by atoms with Gasteiger partial charge in [-0.1, -0.05) is 35.3 Å². The van der Waals surface area contributed by atoms with Gasteiger partial charge in [-0.3, -0.25) is 0 Å². The molecule has 0 fully saturated rings. The summed E-state index contributed by atoms with van der Waals surface area (Å²) >= 11 is 11.7. The van der Waals surface area contributed by atoms with Crippen LogP contribution in [0.25, 0.3) is 0 Å². The summed E-state index contributed by atoms with van der Waals surface area (Å²) in [7, 11) is 0.924. The van der Waals surface area contributed by atoms with Crippen LogP contribution >= 0.6 is 44.0 Å². The van der Waals surface area contributed by atoms with Crippen LogP contribution in [0.15, 0.2) is 33.7 Å². The number of aryl methyl sites for hydroxylation is 1. The summed E-state index contributed by atoms with van der Waals surface area (Å²) in [6, 6.07) is 7.80. The lowest BCUT2D eigenvalue weighted by molar-refractivity contribution is 0.630. The van der Waals surface area contributed by atoms with Crippen LogP contribution in [-0.4, -0.2) is 16.1 Å². The Bertz CT molecular complexity index is 581. The maximum absolute atomic E-state index is 5.91. The van der Waals surface area contributed by atoms with Crippen LogP contribution in [-0.2, 0) is 10.6 Å². The first-order chi connectivity index (χ1) is 8.72. The molecular formula is C11H8Cl2N2OS2. The highest BCUT2D eigenvalue weighted by Crippen LogP contribution is 2.44. The maximum atomic E-state index is 5.91. The predicted octanol–water partition coefficient (Wildman–Crippen LogP) is 4.23. The molecule has 1 aromatic rings. The SMILES string of the molecule is ClC1=NSS2=C1N=C(CCc1ccc(Cl)cc1)O2. The Hall–Kier alpha value is -0.490. The van der Waals surface area contributed by atoms with Crippen LogP contribution in [0.2, 0.25) is 5.02 Å². The Morgan fingerprint density at radius 2 is 1.94 bits per heavy atom. The van der Waals surface area contributed by atoms with E-state index in [1.807, 2.05) is 24.3 Å². The molecule has 3 nitrogen and oxygen atoms in total. The first-order valence-corrected chi connectivity index (χ1v) is 8.45. The zero-order chi connectivity index (χ0) is 12.5. The van der Waals surface area contributed by atoms with Crippen molar-refractivity contribution in [3.8, 4) is 0 Å². The normalized spacial score (nSPS) is 21.4. The lowest BCUT2D eigenvalue weighted by Crippen LogP contribution is -2.02. The van der Waals surface area contributed by atoms with E-state index in [9.17, 15) is 0 Å². The Balaban J connectivity index is 1.61. The molecule has 0 N–H and O–H groups in total. The minimum atomic E-state index is -0.417. The Morgan fingerprint density at radius 1 is 1.17 bits per heavy atom. The second-order valence-corrected chi connectivity index (χ2v) is 7.22. The molecule has 1 atom stereocenters. The quantitative estimate of drug-likeness (QED) is 0.475. The summed E-state index contributed by atoms with van der Waals surface area (Å²) < 4.78 is 9.69. The highest BCUT2D eigenvalue weighted by atomic mass is 35.5. The molecular weight excluding hydrogens is 311 g/mol. The molecule has 94 valence electrons. The third-order valence-corrected chi connectivity index (χ3v) is 5.83. The molecule has 0 spiro atoms. The summed E-state index contributed by atoms with van der Waals surface area (Å²) in [5.41, 5.74) is 1.21. The largest absolute Gasteiger partial charge is 0.404 e. The zero-order valence-electron chi connectivity index (χ0n) is 9.10. The van der Waals surface area contributed by atoms with E-state index >= 15 is 0 Å². The molecule has 18 heavy (non-hydrogen) atoms. The maximum Gasteiger partial charge on any atom is 0.206 e. The molecule has 0 aliphatic carbocycles. The number of nitrogens with zero attached hydrogens (tertiary/aromatic N) is 2. The van der Waals surface area contributed by atoms with Gasteiger partial charge >= 0.3 is 0 Å². The Labute approximate surface area is 121 Å². The highest BCUT2D eigenvalue weighted by Gasteiger charge is 2.27. The van der Waals surface area contributed by atoms with Gasteiger partial charge in [0.1, 0.15) is 9.80 Å². The summed E-state index contributed by atoms with van der Waals surface area (Å²) in [6.07, 6.45) is 1.64. The van der Waals surface area contributed by atoms with Crippen molar-refractivity contribution in [3.05, 3.63) is 34.9 Å². The first-order valence-electron chi connectivity index (χ1n) is 5.25. The minimum Gasteiger partial charge on any atom is -0.404 e. The third-order valence-electron chi connectivity index (χ3n) is 2.46. The number of benzene rings is 1. The number of aliphatic imine (C=N–C) groups is 1. The monoisotopic (exact) mass is 318 g/mol. The van der Waals surface area contributed by atoms with Crippen LogP contribution in [0.3, 0.4) is 0 Å². The van der Waals surface area contributed by atoms with Gasteiger partial charge in [-0.15, -0.1) is 0 Å². The first kappa shape index (κ1) is 12.5. The van der Waals surface area contributed by atoms with E-state index < -0.39 is 9.80 Å². The second-order valence-electron chi connectivity index (χ2n) is 3.71. The van der Waals surface area contributed by atoms with E-state index in [4.69, 9.17) is 27.4 Å². The number of hydrogen-bond donors (Lipinski definition) is 0. The van der Waals surface area contributed by atoms with E-state index in [0.717, 1.165) is 28.8 Å².